The summed E-state index contributed by atoms with van der Waals surface area (Å²) in [5, 5.41) is 3.79. The summed E-state index contributed by atoms with van der Waals surface area (Å²) in [6.07, 6.45) is 1.63. The molecule has 18 heavy (non-hydrogen) atoms. The van der Waals surface area contributed by atoms with Crippen LogP contribution in [0.2, 0.25) is 5.02 Å². The van der Waals surface area contributed by atoms with Gasteiger partial charge < -0.3 is 9.73 Å². The predicted octanol–water partition coefficient (Wildman–Crippen LogP) is 4.08. The van der Waals surface area contributed by atoms with Crippen molar-refractivity contribution in [3.05, 3.63) is 58.3 Å². The van der Waals surface area contributed by atoms with E-state index in [1.165, 1.54) is 12.1 Å². The van der Waals surface area contributed by atoms with Crippen molar-refractivity contribution in [2.75, 3.05) is 6.54 Å². The van der Waals surface area contributed by atoms with Crippen LogP contribution < -0.4 is 5.32 Å². The molecule has 1 heterocycles. The van der Waals surface area contributed by atoms with E-state index in [4.69, 9.17) is 16.0 Å². The van der Waals surface area contributed by atoms with Crippen molar-refractivity contribution in [1.82, 2.24) is 5.32 Å². The largest absolute Gasteiger partial charge is 0.467 e. The summed E-state index contributed by atoms with van der Waals surface area (Å²) in [7, 11) is 0. The highest BCUT2D eigenvalue weighted by Gasteiger charge is 2.21. The lowest BCUT2D eigenvalue weighted by molar-refractivity contribution is 0.448. The fourth-order valence-corrected chi connectivity index (χ4v) is 2.19. The Bertz CT molecular complexity index is 538. The van der Waals surface area contributed by atoms with Crippen LogP contribution in [-0.2, 0) is 0 Å². The minimum atomic E-state index is -0.304. The van der Waals surface area contributed by atoms with Gasteiger partial charge in [0, 0.05) is 5.02 Å². The molecule has 2 aromatic rings. The second-order valence-corrected chi connectivity index (χ2v) is 4.53. The molecular weight excluding hydrogens is 253 g/mol. The monoisotopic (exact) mass is 267 g/mol. The summed E-state index contributed by atoms with van der Waals surface area (Å²) in [5.41, 5.74) is 1.71. The van der Waals surface area contributed by atoms with Crippen LogP contribution in [0.4, 0.5) is 4.39 Å². The van der Waals surface area contributed by atoms with Crippen LogP contribution in [0.1, 0.15) is 29.9 Å². The van der Waals surface area contributed by atoms with Crippen LogP contribution in [-0.4, -0.2) is 6.54 Å². The number of rotatable bonds is 4. The Morgan fingerprint density at radius 2 is 2.17 bits per heavy atom. The number of hydrogen-bond acceptors (Lipinski definition) is 2. The van der Waals surface area contributed by atoms with Gasteiger partial charge in [-0.3, -0.25) is 0 Å². The van der Waals surface area contributed by atoms with E-state index in [1.807, 2.05) is 19.9 Å². The van der Waals surface area contributed by atoms with E-state index in [0.717, 1.165) is 17.9 Å². The van der Waals surface area contributed by atoms with E-state index in [1.54, 1.807) is 12.3 Å². The first-order valence-corrected chi connectivity index (χ1v) is 6.23. The van der Waals surface area contributed by atoms with Gasteiger partial charge in [0.15, 0.2) is 0 Å². The van der Waals surface area contributed by atoms with Gasteiger partial charge in [0.2, 0.25) is 0 Å². The van der Waals surface area contributed by atoms with Crippen molar-refractivity contribution in [2.24, 2.45) is 0 Å². The van der Waals surface area contributed by atoms with Gasteiger partial charge in [-0.05, 0) is 48.9 Å². The number of hydrogen-bond donors (Lipinski definition) is 1. The van der Waals surface area contributed by atoms with Crippen LogP contribution in [0.5, 0.6) is 0 Å². The smallest absolute Gasteiger partial charge is 0.128 e. The van der Waals surface area contributed by atoms with E-state index in [-0.39, 0.29) is 11.9 Å². The van der Waals surface area contributed by atoms with E-state index in [2.05, 4.69) is 5.32 Å². The molecule has 0 saturated carbocycles. The molecule has 0 bridgehead atoms. The van der Waals surface area contributed by atoms with Crippen LogP contribution in [0.3, 0.4) is 0 Å². The van der Waals surface area contributed by atoms with E-state index < -0.39 is 0 Å². The lowest BCUT2D eigenvalue weighted by atomic mass is 10.0. The first-order valence-electron chi connectivity index (χ1n) is 5.85. The third kappa shape index (κ3) is 2.57. The Balaban J connectivity index is 2.48. The number of aryl methyl sites for hydroxylation is 1. The summed E-state index contributed by atoms with van der Waals surface area (Å²) in [5.74, 6) is 0.464. The molecule has 1 aromatic heterocycles. The van der Waals surface area contributed by atoms with E-state index in [9.17, 15) is 4.39 Å². The SMILES string of the molecule is CCNC(c1cc(F)ccc1Cl)c1occc1C. The van der Waals surface area contributed by atoms with Gasteiger partial charge in [-0.15, -0.1) is 0 Å². The number of halogens is 2. The Morgan fingerprint density at radius 3 is 2.78 bits per heavy atom. The first-order chi connectivity index (χ1) is 8.63. The fourth-order valence-electron chi connectivity index (χ4n) is 1.96. The fraction of sp³-hybridized carbons (Fsp3) is 0.286. The molecule has 0 radical (unpaired) electrons. The molecule has 0 aliphatic rings. The first kappa shape index (κ1) is 13.1. The highest BCUT2D eigenvalue weighted by Crippen LogP contribution is 2.31. The van der Waals surface area contributed by atoms with Crippen molar-refractivity contribution in [1.29, 1.82) is 0 Å². The van der Waals surface area contributed by atoms with Gasteiger partial charge in [-0.1, -0.05) is 18.5 Å². The number of nitrogens with one attached hydrogen (secondary N) is 1. The molecule has 96 valence electrons. The Labute approximate surface area is 111 Å². The van der Waals surface area contributed by atoms with Crippen LogP contribution in [0.15, 0.2) is 34.9 Å². The molecular formula is C14H15ClFNO. The molecule has 0 aliphatic heterocycles. The molecule has 1 unspecified atom stereocenters. The Hall–Kier alpha value is -1.32. The summed E-state index contributed by atoms with van der Waals surface area (Å²) < 4.78 is 18.9. The number of benzene rings is 1. The number of furan rings is 1. The summed E-state index contributed by atoms with van der Waals surface area (Å²) >= 11 is 6.15. The van der Waals surface area contributed by atoms with Crippen LogP contribution >= 0.6 is 11.6 Å². The molecule has 1 atom stereocenters. The third-order valence-corrected chi connectivity index (χ3v) is 3.19. The van der Waals surface area contributed by atoms with Crippen LogP contribution in [0.25, 0.3) is 0 Å². The topological polar surface area (TPSA) is 25.2 Å². The van der Waals surface area contributed by atoms with Gasteiger partial charge in [0.1, 0.15) is 11.6 Å². The zero-order valence-electron chi connectivity index (χ0n) is 10.3. The molecule has 1 aromatic carbocycles. The third-order valence-electron chi connectivity index (χ3n) is 2.84. The molecule has 0 fully saturated rings. The van der Waals surface area contributed by atoms with Crippen molar-refractivity contribution in [2.45, 2.75) is 19.9 Å². The Kier molecular flexibility index (Phi) is 4.04. The maximum Gasteiger partial charge on any atom is 0.128 e. The molecule has 0 saturated heterocycles. The van der Waals surface area contributed by atoms with Gasteiger partial charge in [0.05, 0.1) is 12.3 Å². The average Bonchev–Trinajstić information content (AvgIpc) is 2.76. The lowest BCUT2D eigenvalue weighted by Gasteiger charge is -2.18. The highest BCUT2D eigenvalue weighted by atomic mass is 35.5. The predicted molar refractivity (Wildman–Crippen MR) is 70.4 cm³/mol. The van der Waals surface area contributed by atoms with Crippen LogP contribution in [0, 0.1) is 12.7 Å². The van der Waals surface area contributed by atoms with Crippen molar-refractivity contribution in [3.63, 3.8) is 0 Å². The molecule has 1 N–H and O–H groups in total. The van der Waals surface area contributed by atoms with Crippen molar-refractivity contribution >= 4 is 11.6 Å². The molecule has 0 spiro atoms. The Morgan fingerprint density at radius 1 is 1.39 bits per heavy atom. The van der Waals surface area contributed by atoms with Gasteiger partial charge in [-0.25, -0.2) is 4.39 Å². The molecule has 4 heteroatoms. The summed E-state index contributed by atoms with van der Waals surface area (Å²) in [6, 6.07) is 6.01. The summed E-state index contributed by atoms with van der Waals surface area (Å²) in [4.78, 5) is 0. The van der Waals surface area contributed by atoms with Gasteiger partial charge in [-0.2, -0.15) is 0 Å². The standard InChI is InChI=1S/C14H15ClFNO/c1-3-17-13(14-9(2)6-7-18-14)11-8-10(16)4-5-12(11)15/h4-8,13,17H,3H2,1-2H3. The highest BCUT2D eigenvalue weighted by molar-refractivity contribution is 6.31. The quantitative estimate of drug-likeness (QED) is 0.903. The normalized spacial score (nSPS) is 12.7. The second-order valence-electron chi connectivity index (χ2n) is 4.12. The zero-order valence-corrected chi connectivity index (χ0v) is 11.1. The minimum absolute atomic E-state index is 0.229. The second kappa shape index (κ2) is 5.55. The average molecular weight is 268 g/mol. The van der Waals surface area contributed by atoms with E-state index >= 15 is 0 Å². The lowest BCUT2D eigenvalue weighted by Crippen LogP contribution is -2.22. The maximum absolute atomic E-state index is 13.4. The molecule has 0 amide bonds. The van der Waals surface area contributed by atoms with Crippen molar-refractivity contribution in [3.8, 4) is 0 Å². The molecule has 2 nitrogen and oxygen atoms in total. The molecule has 2 rings (SSSR count). The van der Waals surface area contributed by atoms with Crippen molar-refractivity contribution < 1.29 is 8.81 Å². The zero-order chi connectivity index (χ0) is 13.1. The summed E-state index contributed by atoms with van der Waals surface area (Å²) in [6.45, 7) is 4.67. The maximum atomic E-state index is 13.4. The molecule has 0 aliphatic carbocycles. The van der Waals surface area contributed by atoms with Gasteiger partial charge >= 0.3 is 0 Å². The van der Waals surface area contributed by atoms with E-state index in [0.29, 0.717) is 10.6 Å². The minimum Gasteiger partial charge on any atom is -0.467 e. The van der Waals surface area contributed by atoms with Gasteiger partial charge in [0.25, 0.3) is 0 Å².